The molecule has 0 aliphatic heterocycles. The van der Waals surface area contributed by atoms with E-state index in [0.29, 0.717) is 11.3 Å². The van der Waals surface area contributed by atoms with Crippen molar-refractivity contribution in [1.82, 2.24) is 14.4 Å². The van der Waals surface area contributed by atoms with E-state index in [1.807, 2.05) is 0 Å². The highest BCUT2D eigenvalue weighted by atomic mass is 35.5. The molecule has 0 aliphatic carbocycles. The second-order valence-corrected chi connectivity index (χ2v) is 3.48. The lowest BCUT2D eigenvalue weighted by Gasteiger charge is -2.04. The number of nitrogens with one attached hydrogen (secondary N) is 1. The van der Waals surface area contributed by atoms with E-state index in [4.69, 9.17) is 17.3 Å². The van der Waals surface area contributed by atoms with Gasteiger partial charge in [0.15, 0.2) is 0 Å². The number of hydrogen-bond donors (Lipinski definition) is 2. The summed E-state index contributed by atoms with van der Waals surface area (Å²) in [5.41, 5.74) is 6.47. The quantitative estimate of drug-likeness (QED) is 0.731. The number of nitrogens with two attached hydrogens (primary N) is 1. The maximum absolute atomic E-state index is 11.5. The number of imidazole rings is 1. The Morgan fingerprint density at radius 3 is 3.07 bits per heavy atom. The summed E-state index contributed by atoms with van der Waals surface area (Å²) < 4.78 is 1.29. The number of H-pyrrole nitrogens is 1. The minimum absolute atomic E-state index is 0.233. The Labute approximate surface area is 84.5 Å². The third kappa shape index (κ3) is 1.30. The van der Waals surface area contributed by atoms with E-state index >= 15 is 0 Å². The van der Waals surface area contributed by atoms with Crippen LogP contribution in [0.2, 0.25) is 5.15 Å². The van der Waals surface area contributed by atoms with Gasteiger partial charge in [-0.1, -0.05) is 11.6 Å². The molecule has 1 unspecified atom stereocenters. The van der Waals surface area contributed by atoms with E-state index in [-0.39, 0.29) is 16.9 Å². The lowest BCUT2D eigenvalue weighted by Crippen LogP contribution is -2.21. The molecule has 14 heavy (non-hydrogen) atoms. The lowest BCUT2D eigenvalue weighted by atomic mass is 10.2. The van der Waals surface area contributed by atoms with Gasteiger partial charge in [0.05, 0.1) is 6.20 Å². The summed E-state index contributed by atoms with van der Waals surface area (Å²) in [4.78, 5) is 18.1. The van der Waals surface area contributed by atoms with E-state index in [1.54, 1.807) is 13.0 Å². The molecule has 5 nitrogen and oxygen atoms in total. The summed E-state index contributed by atoms with van der Waals surface area (Å²) in [5, 5.41) is 0.289. The fourth-order valence-corrected chi connectivity index (χ4v) is 1.46. The smallest absolute Gasteiger partial charge is 0.323 e. The van der Waals surface area contributed by atoms with Gasteiger partial charge in [-0.05, 0) is 6.92 Å². The standard InChI is InChI=1S/C8H9ClN4O/c1-4(10)5-2-7-11-3-6(9)13(7)8(14)12-5/h2-4H,10H2,1H3,(H,12,14). The van der Waals surface area contributed by atoms with Gasteiger partial charge in [-0.25, -0.2) is 14.2 Å². The second-order valence-electron chi connectivity index (χ2n) is 3.09. The van der Waals surface area contributed by atoms with E-state index in [9.17, 15) is 4.79 Å². The first-order valence-corrected chi connectivity index (χ1v) is 4.49. The number of rotatable bonds is 1. The molecule has 1 atom stereocenters. The first-order valence-electron chi connectivity index (χ1n) is 4.11. The Morgan fingerprint density at radius 2 is 2.43 bits per heavy atom. The number of fused-ring (bicyclic) bond motifs is 1. The number of nitrogens with zero attached hydrogens (tertiary/aromatic N) is 2. The second kappa shape index (κ2) is 3.11. The average molecular weight is 213 g/mol. The predicted molar refractivity (Wildman–Crippen MR) is 53.4 cm³/mol. The Balaban J connectivity index is 2.81. The number of aromatic nitrogens is 3. The first kappa shape index (κ1) is 9.23. The van der Waals surface area contributed by atoms with E-state index in [0.717, 1.165) is 0 Å². The molecule has 74 valence electrons. The Hall–Kier alpha value is -1.33. The zero-order valence-corrected chi connectivity index (χ0v) is 8.25. The summed E-state index contributed by atoms with van der Waals surface area (Å²) >= 11 is 5.76. The molecule has 2 heterocycles. The zero-order chi connectivity index (χ0) is 10.3. The molecule has 6 heteroatoms. The van der Waals surface area contributed by atoms with Crippen LogP contribution in [0.4, 0.5) is 0 Å². The highest BCUT2D eigenvalue weighted by Gasteiger charge is 2.08. The van der Waals surface area contributed by atoms with Crippen molar-refractivity contribution in [2.45, 2.75) is 13.0 Å². The molecule has 2 aromatic rings. The van der Waals surface area contributed by atoms with Crippen molar-refractivity contribution in [3.8, 4) is 0 Å². The van der Waals surface area contributed by atoms with Crippen molar-refractivity contribution < 1.29 is 0 Å². The molecular weight excluding hydrogens is 204 g/mol. The van der Waals surface area contributed by atoms with Gasteiger partial charge < -0.3 is 10.7 Å². The van der Waals surface area contributed by atoms with Gasteiger partial charge in [-0.2, -0.15) is 0 Å². The normalized spacial score (nSPS) is 13.4. The fourth-order valence-electron chi connectivity index (χ4n) is 1.25. The molecule has 3 N–H and O–H groups in total. The molecule has 0 aromatic carbocycles. The molecule has 2 aromatic heterocycles. The third-order valence-corrected chi connectivity index (χ3v) is 2.24. The van der Waals surface area contributed by atoms with Gasteiger partial charge in [0.25, 0.3) is 0 Å². The van der Waals surface area contributed by atoms with Gasteiger partial charge in [-0.3, -0.25) is 0 Å². The van der Waals surface area contributed by atoms with Crippen molar-refractivity contribution in [2.24, 2.45) is 5.73 Å². The Kier molecular flexibility index (Phi) is 2.05. The third-order valence-electron chi connectivity index (χ3n) is 1.98. The number of halogens is 1. The molecular formula is C8H9ClN4O. The molecule has 0 aliphatic rings. The highest BCUT2D eigenvalue weighted by molar-refractivity contribution is 6.29. The topological polar surface area (TPSA) is 76.2 Å². The monoisotopic (exact) mass is 212 g/mol. The molecule has 0 bridgehead atoms. The maximum Gasteiger partial charge on any atom is 0.332 e. The maximum atomic E-state index is 11.5. The van der Waals surface area contributed by atoms with Crippen molar-refractivity contribution in [3.63, 3.8) is 0 Å². The SMILES string of the molecule is CC(N)c1cc2ncc(Cl)n2c(=O)[nH]1. The van der Waals surface area contributed by atoms with Gasteiger partial charge in [-0.15, -0.1) is 0 Å². The largest absolute Gasteiger partial charge is 0.332 e. The lowest BCUT2D eigenvalue weighted by molar-refractivity contribution is 0.762. The van der Waals surface area contributed by atoms with Crippen LogP contribution < -0.4 is 11.4 Å². The van der Waals surface area contributed by atoms with Crippen LogP contribution in [-0.4, -0.2) is 14.4 Å². The minimum atomic E-state index is -0.322. The molecule has 0 amide bonds. The highest BCUT2D eigenvalue weighted by Crippen LogP contribution is 2.11. The Bertz CT molecular complexity index is 528. The van der Waals surface area contributed by atoms with Crippen LogP contribution in [-0.2, 0) is 0 Å². The summed E-state index contributed by atoms with van der Waals surface area (Å²) in [6.45, 7) is 1.78. The van der Waals surface area contributed by atoms with Crippen molar-refractivity contribution in [1.29, 1.82) is 0 Å². The summed E-state index contributed by atoms with van der Waals surface area (Å²) in [6, 6.07) is 1.47. The van der Waals surface area contributed by atoms with Gasteiger partial charge in [0.1, 0.15) is 10.8 Å². The van der Waals surface area contributed by atoms with E-state index in [1.165, 1.54) is 10.6 Å². The fraction of sp³-hybridized carbons (Fsp3) is 0.250. The summed E-state index contributed by atoms with van der Waals surface area (Å²) in [6.07, 6.45) is 1.43. The first-order chi connectivity index (χ1) is 6.59. The minimum Gasteiger partial charge on any atom is -0.323 e. The molecule has 2 rings (SSSR count). The van der Waals surface area contributed by atoms with Crippen molar-refractivity contribution >= 4 is 17.2 Å². The molecule has 0 fully saturated rings. The van der Waals surface area contributed by atoms with Crippen LogP contribution >= 0.6 is 11.6 Å². The number of aromatic amines is 1. The van der Waals surface area contributed by atoms with Crippen molar-refractivity contribution in [2.75, 3.05) is 0 Å². The van der Waals surface area contributed by atoms with Crippen LogP contribution in [0.3, 0.4) is 0 Å². The van der Waals surface area contributed by atoms with Crippen LogP contribution in [0.1, 0.15) is 18.7 Å². The zero-order valence-electron chi connectivity index (χ0n) is 7.49. The van der Waals surface area contributed by atoms with Crippen LogP contribution in [0.25, 0.3) is 5.65 Å². The van der Waals surface area contributed by atoms with Gasteiger partial charge in [0.2, 0.25) is 0 Å². The van der Waals surface area contributed by atoms with E-state index in [2.05, 4.69) is 9.97 Å². The molecule has 0 radical (unpaired) electrons. The van der Waals surface area contributed by atoms with Gasteiger partial charge >= 0.3 is 5.69 Å². The number of hydrogen-bond acceptors (Lipinski definition) is 3. The molecule has 0 spiro atoms. The van der Waals surface area contributed by atoms with Crippen LogP contribution in [0, 0.1) is 0 Å². The average Bonchev–Trinajstić information content (AvgIpc) is 2.48. The van der Waals surface area contributed by atoms with E-state index < -0.39 is 0 Å². The summed E-state index contributed by atoms with van der Waals surface area (Å²) in [5.74, 6) is 0. The molecule has 0 saturated carbocycles. The van der Waals surface area contributed by atoms with Crippen LogP contribution in [0.5, 0.6) is 0 Å². The Morgan fingerprint density at radius 1 is 1.71 bits per heavy atom. The predicted octanol–water partition coefficient (Wildman–Crippen LogP) is 0.696. The van der Waals surface area contributed by atoms with Gasteiger partial charge in [0, 0.05) is 17.8 Å². The van der Waals surface area contributed by atoms with Crippen LogP contribution in [0.15, 0.2) is 17.1 Å². The van der Waals surface area contributed by atoms with Crippen molar-refractivity contribution in [3.05, 3.63) is 33.6 Å². The molecule has 0 saturated heterocycles. The summed E-state index contributed by atoms with van der Waals surface area (Å²) in [7, 11) is 0.